The Morgan fingerprint density at radius 1 is 0.382 bits per heavy atom. The first-order valence-corrected chi connectivity index (χ1v) is 13.1. The summed E-state index contributed by atoms with van der Waals surface area (Å²) in [5, 5.41) is 25.0. The third kappa shape index (κ3) is 4.60. The minimum absolute atomic E-state index is 0.00986. The van der Waals surface area contributed by atoms with Crippen molar-refractivity contribution in [3.8, 4) is 0 Å². The Labute approximate surface area is 206 Å². The smallest absolute Gasteiger partial charge is 0.0692 e. The van der Waals surface area contributed by atoms with E-state index in [1.165, 1.54) is 33.8 Å². The molecule has 6 nitrogen and oxygen atoms in total. The minimum Gasteiger partial charge on any atom is -0.282 e. The molecule has 3 N–H and O–H groups in total. The van der Waals surface area contributed by atoms with E-state index < -0.39 is 0 Å². The van der Waals surface area contributed by atoms with Gasteiger partial charge in [0.25, 0.3) is 0 Å². The van der Waals surface area contributed by atoms with Crippen molar-refractivity contribution in [2.24, 2.45) is 0 Å². The van der Waals surface area contributed by atoms with Crippen LogP contribution in [0.3, 0.4) is 0 Å². The fourth-order valence-electron chi connectivity index (χ4n) is 5.12. The third-order valence-corrected chi connectivity index (χ3v) is 6.83. The van der Waals surface area contributed by atoms with Crippen LogP contribution < -0.4 is 0 Å². The molecule has 6 heteroatoms. The van der Waals surface area contributed by atoms with Crippen LogP contribution in [0, 0.1) is 0 Å². The summed E-state index contributed by atoms with van der Waals surface area (Å²) in [7, 11) is 0. The van der Waals surface area contributed by atoms with Gasteiger partial charge in [0.1, 0.15) is 0 Å². The van der Waals surface area contributed by atoms with Crippen molar-refractivity contribution in [1.82, 2.24) is 30.6 Å². The molecular weight excluding hydrogens is 420 g/mol. The van der Waals surface area contributed by atoms with Crippen molar-refractivity contribution in [3.63, 3.8) is 0 Å². The van der Waals surface area contributed by atoms with Gasteiger partial charge in [-0.15, -0.1) is 0 Å². The van der Waals surface area contributed by atoms with Crippen LogP contribution in [0.25, 0.3) is 0 Å². The fourth-order valence-corrected chi connectivity index (χ4v) is 5.12. The monoisotopic (exact) mass is 466 g/mol. The summed E-state index contributed by atoms with van der Waals surface area (Å²) in [6.07, 6.45) is 0. The van der Waals surface area contributed by atoms with E-state index in [-0.39, 0.29) is 5.92 Å². The van der Waals surface area contributed by atoms with E-state index >= 15 is 0 Å². The molecule has 3 aromatic heterocycles. The summed E-state index contributed by atoms with van der Waals surface area (Å²) >= 11 is 0. The van der Waals surface area contributed by atoms with Crippen LogP contribution in [0.15, 0.2) is 0 Å². The Morgan fingerprint density at radius 2 is 0.618 bits per heavy atom. The molecule has 3 aromatic rings. The van der Waals surface area contributed by atoms with E-state index in [2.05, 4.69) is 98.4 Å². The summed E-state index contributed by atoms with van der Waals surface area (Å²) in [6, 6.07) is 0. The number of nitrogens with zero attached hydrogens (tertiary/aromatic N) is 3. The number of hydrogen-bond acceptors (Lipinski definition) is 3. The van der Waals surface area contributed by atoms with Crippen LogP contribution in [0.2, 0.25) is 0 Å². The second-order valence-corrected chi connectivity index (χ2v) is 11.7. The quantitative estimate of drug-likeness (QED) is 0.301. The second-order valence-electron chi connectivity index (χ2n) is 11.7. The highest BCUT2D eigenvalue weighted by Crippen LogP contribution is 2.47. The van der Waals surface area contributed by atoms with Crippen molar-refractivity contribution >= 4 is 0 Å². The minimum atomic E-state index is 0.00986. The predicted molar refractivity (Wildman–Crippen MR) is 141 cm³/mol. The molecule has 0 spiro atoms. The molecule has 0 fully saturated rings. The molecule has 0 aliphatic carbocycles. The molecule has 0 amide bonds. The van der Waals surface area contributed by atoms with E-state index in [4.69, 9.17) is 15.3 Å². The molecule has 0 unspecified atom stereocenters. The number of hydrogen-bond donors (Lipinski definition) is 3. The van der Waals surface area contributed by atoms with Gasteiger partial charge in [0.15, 0.2) is 0 Å². The molecule has 0 saturated carbocycles. The Morgan fingerprint density at radius 3 is 0.794 bits per heavy atom. The van der Waals surface area contributed by atoms with Crippen molar-refractivity contribution < 1.29 is 0 Å². The lowest BCUT2D eigenvalue weighted by Crippen LogP contribution is -2.16. The maximum absolute atomic E-state index is 4.89. The normalized spacial score (nSPS) is 12.8. The zero-order valence-corrected chi connectivity index (χ0v) is 23.4. The standard InChI is InChI=1S/C28H46N6/c1-13(2)23-20(24(14(3)4)30-29-23)19(21-25(15(5)6)31-32-26(21)16(7)8)22-27(17(9)10)33-34-28(22)18(11)12/h13-19H,1-12H3,(H,29,30)(H,31,32)(H,33,34). The van der Waals surface area contributed by atoms with Crippen molar-refractivity contribution in [3.05, 3.63) is 50.9 Å². The second kappa shape index (κ2) is 10.1. The molecule has 0 aliphatic heterocycles. The van der Waals surface area contributed by atoms with Crippen LogP contribution in [0.1, 0.15) is 175 Å². The highest BCUT2D eigenvalue weighted by molar-refractivity contribution is 5.55. The van der Waals surface area contributed by atoms with Crippen molar-refractivity contribution in [2.45, 2.75) is 125 Å². The Balaban J connectivity index is 2.55. The summed E-state index contributed by atoms with van der Waals surface area (Å²) in [5.41, 5.74) is 11.0. The molecule has 3 rings (SSSR count). The van der Waals surface area contributed by atoms with Crippen LogP contribution >= 0.6 is 0 Å². The number of H-pyrrole nitrogens is 3. The van der Waals surface area contributed by atoms with E-state index in [1.54, 1.807) is 0 Å². The van der Waals surface area contributed by atoms with Crippen LogP contribution in [-0.2, 0) is 0 Å². The maximum atomic E-state index is 4.89. The van der Waals surface area contributed by atoms with E-state index in [0.29, 0.717) is 35.5 Å². The van der Waals surface area contributed by atoms with Crippen LogP contribution in [0.4, 0.5) is 0 Å². The number of nitrogens with one attached hydrogen (secondary N) is 3. The first-order chi connectivity index (χ1) is 15.9. The zero-order chi connectivity index (χ0) is 25.5. The van der Waals surface area contributed by atoms with Crippen LogP contribution in [-0.4, -0.2) is 30.6 Å². The SMILES string of the molecule is CC(C)c1n[nH]c(C(C)C)c1C(c1c(C(C)C)n[nH]c1C(C)C)c1c(C(C)C)n[nH]c1C(C)C. The van der Waals surface area contributed by atoms with Gasteiger partial charge in [-0.05, 0) is 35.5 Å². The summed E-state index contributed by atoms with van der Waals surface area (Å²) in [6.45, 7) is 27.0. The van der Waals surface area contributed by atoms with Gasteiger partial charge in [0, 0.05) is 39.7 Å². The van der Waals surface area contributed by atoms with Crippen LogP contribution in [0.5, 0.6) is 0 Å². The Bertz CT molecular complexity index is 876. The average Bonchev–Trinajstić information content (AvgIpc) is 3.45. The molecule has 188 valence electrons. The first kappa shape index (κ1) is 26.2. The van der Waals surface area contributed by atoms with Gasteiger partial charge in [-0.2, -0.15) is 15.3 Å². The fraction of sp³-hybridized carbons (Fsp3) is 0.679. The molecule has 0 aromatic carbocycles. The molecular formula is C28H46N6. The van der Waals surface area contributed by atoms with Gasteiger partial charge in [0.2, 0.25) is 0 Å². The van der Waals surface area contributed by atoms with Gasteiger partial charge >= 0.3 is 0 Å². The summed E-state index contributed by atoms with van der Waals surface area (Å²) in [4.78, 5) is 0. The molecule has 0 bridgehead atoms. The number of aromatic nitrogens is 6. The lowest BCUT2D eigenvalue weighted by Gasteiger charge is -2.27. The average molecular weight is 467 g/mol. The Kier molecular flexibility index (Phi) is 7.79. The highest BCUT2D eigenvalue weighted by atomic mass is 15.2. The Hall–Kier alpha value is -2.37. The third-order valence-electron chi connectivity index (χ3n) is 6.83. The lowest BCUT2D eigenvalue weighted by atomic mass is 9.75. The van der Waals surface area contributed by atoms with Gasteiger partial charge in [-0.25, -0.2) is 0 Å². The highest BCUT2D eigenvalue weighted by Gasteiger charge is 2.38. The van der Waals surface area contributed by atoms with E-state index in [0.717, 1.165) is 17.1 Å². The van der Waals surface area contributed by atoms with E-state index in [9.17, 15) is 0 Å². The topological polar surface area (TPSA) is 86.0 Å². The molecule has 0 aliphatic rings. The van der Waals surface area contributed by atoms with Crippen molar-refractivity contribution in [1.29, 1.82) is 0 Å². The summed E-state index contributed by atoms with van der Waals surface area (Å²) in [5.74, 6) is 1.89. The number of aromatic amines is 3. The van der Waals surface area contributed by atoms with Crippen molar-refractivity contribution in [2.75, 3.05) is 0 Å². The lowest BCUT2D eigenvalue weighted by molar-refractivity contribution is 0.724. The first-order valence-electron chi connectivity index (χ1n) is 13.1. The molecule has 34 heavy (non-hydrogen) atoms. The largest absolute Gasteiger partial charge is 0.282 e. The molecule has 0 atom stereocenters. The van der Waals surface area contributed by atoms with Gasteiger partial charge in [-0.1, -0.05) is 83.1 Å². The molecule has 0 radical (unpaired) electrons. The van der Waals surface area contributed by atoms with Gasteiger partial charge in [-0.3, -0.25) is 15.3 Å². The maximum Gasteiger partial charge on any atom is 0.0692 e. The summed E-state index contributed by atoms with van der Waals surface area (Å²) < 4.78 is 0. The molecule has 0 saturated heterocycles. The predicted octanol–water partition coefficient (Wildman–Crippen LogP) is 7.78. The van der Waals surface area contributed by atoms with Gasteiger partial charge < -0.3 is 0 Å². The van der Waals surface area contributed by atoms with E-state index in [1.807, 2.05) is 0 Å². The number of rotatable bonds is 9. The van der Waals surface area contributed by atoms with Gasteiger partial charge in [0.05, 0.1) is 17.1 Å². The molecule has 3 heterocycles. The zero-order valence-electron chi connectivity index (χ0n) is 23.4.